The summed E-state index contributed by atoms with van der Waals surface area (Å²) in [6, 6.07) is 25.7. The molecule has 7 heteroatoms. The van der Waals surface area contributed by atoms with Gasteiger partial charge in [0.25, 0.3) is 0 Å². The molecule has 182 valence electrons. The second-order valence-corrected chi connectivity index (χ2v) is 10.2. The first-order chi connectivity index (χ1) is 17.3. The van der Waals surface area contributed by atoms with E-state index in [1.165, 1.54) is 11.1 Å². The topological polar surface area (TPSA) is 60.5 Å². The molecule has 2 saturated heterocycles. The fraction of sp³-hybridized carbons (Fsp3) is 0.357. The van der Waals surface area contributed by atoms with Crippen molar-refractivity contribution in [2.45, 2.75) is 17.5 Å². The third-order valence-electron chi connectivity index (χ3n) is 6.82. The molecule has 35 heavy (non-hydrogen) atoms. The van der Waals surface area contributed by atoms with Gasteiger partial charge in [0.05, 0.1) is 17.5 Å². The minimum absolute atomic E-state index is 0.0933. The van der Waals surface area contributed by atoms with Gasteiger partial charge in [0.1, 0.15) is 0 Å². The maximum Gasteiger partial charge on any atom is 0.238 e. The first-order valence-electron chi connectivity index (χ1n) is 12.4. The number of benzene rings is 2. The minimum atomic E-state index is -0.153. The Morgan fingerprint density at radius 3 is 2.29 bits per heavy atom. The molecule has 0 aliphatic carbocycles. The van der Waals surface area contributed by atoms with E-state index in [0.29, 0.717) is 6.54 Å². The van der Waals surface area contributed by atoms with Crippen LogP contribution in [0.4, 0.5) is 0 Å². The number of aromatic nitrogens is 1. The molecule has 1 unspecified atom stereocenters. The molecular weight excluding hydrogens is 454 g/mol. The van der Waals surface area contributed by atoms with Gasteiger partial charge >= 0.3 is 0 Å². The molecule has 3 aromatic rings. The largest absolute Gasteiger partial charge is 0.353 e. The molecule has 0 spiro atoms. The summed E-state index contributed by atoms with van der Waals surface area (Å²) in [5.74, 6) is 0.875. The molecule has 1 amide bonds. The number of nitrogens with zero attached hydrogens (tertiary/aromatic N) is 3. The van der Waals surface area contributed by atoms with Crippen LogP contribution in [0.25, 0.3) is 0 Å². The van der Waals surface area contributed by atoms with Crippen LogP contribution in [0.5, 0.6) is 0 Å². The van der Waals surface area contributed by atoms with Crippen molar-refractivity contribution in [2.24, 2.45) is 0 Å². The summed E-state index contributed by atoms with van der Waals surface area (Å²) in [5, 5.41) is 6.71. The van der Waals surface area contributed by atoms with Gasteiger partial charge in [-0.25, -0.2) is 0 Å². The smallest absolute Gasteiger partial charge is 0.238 e. The Hall–Kier alpha value is -2.71. The van der Waals surface area contributed by atoms with Crippen molar-refractivity contribution >= 4 is 17.7 Å². The molecule has 2 N–H and O–H groups in total. The number of hydrogen-bond donors (Lipinski definition) is 2. The van der Waals surface area contributed by atoms with Crippen LogP contribution in [0.2, 0.25) is 0 Å². The molecule has 1 aromatic heterocycles. The molecule has 2 aliphatic rings. The summed E-state index contributed by atoms with van der Waals surface area (Å²) < 4.78 is 0. The zero-order chi connectivity index (χ0) is 23.9. The maximum atomic E-state index is 12.7. The van der Waals surface area contributed by atoms with Crippen LogP contribution in [-0.4, -0.2) is 71.8 Å². The summed E-state index contributed by atoms with van der Waals surface area (Å²) in [6.45, 7) is 5.60. The van der Waals surface area contributed by atoms with Crippen molar-refractivity contribution in [3.63, 3.8) is 0 Å². The van der Waals surface area contributed by atoms with Crippen LogP contribution in [0.1, 0.15) is 28.1 Å². The third-order valence-corrected chi connectivity index (χ3v) is 8.08. The van der Waals surface area contributed by atoms with Crippen LogP contribution >= 0.6 is 11.8 Å². The zero-order valence-corrected chi connectivity index (χ0v) is 20.7. The second kappa shape index (κ2) is 11.8. The van der Waals surface area contributed by atoms with Gasteiger partial charge in [0, 0.05) is 57.4 Å². The molecular formula is C28H33N5OS. The van der Waals surface area contributed by atoms with E-state index in [1.54, 1.807) is 18.0 Å². The number of carbonyl (C=O) groups excluding carboxylic acids is 1. The van der Waals surface area contributed by atoms with Crippen LogP contribution in [0.15, 0.2) is 85.2 Å². The summed E-state index contributed by atoms with van der Waals surface area (Å²) in [7, 11) is 0. The van der Waals surface area contributed by atoms with Crippen LogP contribution in [-0.2, 0) is 4.79 Å². The highest BCUT2D eigenvalue weighted by atomic mass is 32.2. The molecule has 5 rings (SSSR count). The quantitative estimate of drug-likeness (QED) is 0.509. The van der Waals surface area contributed by atoms with Crippen LogP contribution in [0, 0.1) is 0 Å². The summed E-state index contributed by atoms with van der Waals surface area (Å²) in [4.78, 5) is 21.9. The number of thioether (sulfide) groups is 1. The fourth-order valence-corrected chi connectivity index (χ4v) is 6.16. The highest BCUT2D eigenvalue weighted by Gasteiger charge is 2.31. The normalized spacial score (nSPS) is 21.3. The lowest BCUT2D eigenvalue weighted by Gasteiger charge is -2.39. The van der Waals surface area contributed by atoms with E-state index in [2.05, 4.69) is 92.1 Å². The highest BCUT2D eigenvalue weighted by Crippen LogP contribution is 2.32. The number of pyridine rings is 1. The minimum Gasteiger partial charge on any atom is -0.353 e. The van der Waals surface area contributed by atoms with Crippen molar-refractivity contribution < 1.29 is 4.79 Å². The number of carbonyl (C=O) groups is 1. The van der Waals surface area contributed by atoms with E-state index < -0.39 is 0 Å². The lowest BCUT2D eigenvalue weighted by molar-refractivity contribution is -0.122. The molecule has 2 atom stereocenters. The van der Waals surface area contributed by atoms with Gasteiger partial charge in [-0.2, -0.15) is 0 Å². The number of piperazine rings is 1. The number of nitrogens with one attached hydrogen (secondary N) is 2. The average Bonchev–Trinajstić information content (AvgIpc) is 3.42. The lowest BCUT2D eigenvalue weighted by atomic mass is 9.96. The van der Waals surface area contributed by atoms with Gasteiger partial charge in [-0.15, -0.1) is 11.8 Å². The molecule has 6 nitrogen and oxygen atoms in total. The van der Waals surface area contributed by atoms with Crippen LogP contribution < -0.4 is 10.6 Å². The Morgan fingerprint density at radius 1 is 0.971 bits per heavy atom. The van der Waals surface area contributed by atoms with Gasteiger partial charge in [-0.05, 0) is 22.8 Å². The van der Waals surface area contributed by atoms with Crippen molar-refractivity contribution in [1.29, 1.82) is 0 Å². The van der Waals surface area contributed by atoms with Crippen molar-refractivity contribution in [2.75, 3.05) is 45.0 Å². The molecule has 2 fully saturated rings. The van der Waals surface area contributed by atoms with Gasteiger partial charge in [0.15, 0.2) is 0 Å². The van der Waals surface area contributed by atoms with E-state index in [0.717, 1.165) is 44.0 Å². The Balaban J connectivity index is 1.09. The Morgan fingerprint density at radius 2 is 1.66 bits per heavy atom. The number of rotatable bonds is 8. The zero-order valence-electron chi connectivity index (χ0n) is 19.9. The first-order valence-corrected chi connectivity index (χ1v) is 13.4. The van der Waals surface area contributed by atoms with Gasteiger partial charge in [0.2, 0.25) is 5.91 Å². The first kappa shape index (κ1) is 24.0. The Labute approximate surface area is 212 Å². The highest BCUT2D eigenvalue weighted by molar-refractivity contribution is 7.99. The Kier molecular flexibility index (Phi) is 8.10. The molecule has 0 bridgehead atoms. The number of hydrogen-bond acceptors (Lipinski definition) is 6. The van der Waals surface area contributed by atoms with E-state index >= 15 is 0 Å². The molecule has 0 radical (unpaired) electrons. The standard InChI is InChI=1S/C28H33N5OS/c34-27(25-21-35-28(31-25)24-12-7-13-29-20-24)30-14-15-32-16-18-33(19-17-32)26(22-8-3-1-4-9-22)23-10-5-2-6-11-23/h1-13,20,25-26,28,31H,14-19,21H2,(H,30,34)/t25-,28?/m0/s1. The van der Waals surface area contributed by atoms with Gasteiger partial charge < -0.3 is 5.32 Å². The Bertz CT molecular complexity index is 1020. The average molecular weight is 488 g/mol. The van der Waals surface area contributed by atoms with E-state index in [9.17, 15) is 4.79 Å². The van der Waals surface area contributed by atoms with E-state index in [-0.39, 0.29) is 23.4 Å². The van der Waals surface area contributed by atoms with Crippen molar-refractivity contribution in [3.8, 4) is 0 Å². The summed E-state index contributed by atoms with van der Waals surface area (Å²) >= 11 is 1.76. The van der Waals surface area contributed by atoms with Gasteiger partial charge in [-0.3, -0.25) is 24.9 Å². The molecule has 2 aliphatic heterocycles. The number of amides is 1. The molecule has 3 heterocycles. The van der Waals surface area contributed by atoms with E-state index in [1.807, 2.05) is 12.3 Å². The fourth-order valence-electron chi connectivity index (χ4n) is 4.94. The maximum absolute atomic E-state index is 12.7. The van der Waals surface area contributed by atoms with Gasteiger partial charge in [-0.1, -0.05) is 66.7 Å². The van der Waals surface area contributed by atoms with Crippen molar-refractivity contribution in [1.82, 2.24) is 25.4 Å². The second-order valence-electron chi connectivity index (χ2n) is 9.11. The van der Waals surface area contributed by atoms with E-state index in [4.69, 9.17) is 0 Å². The SMILES string of the molecule is O=C(NCCN1CCN(C(c2ccccc2)c2ccccc2)CC1)[C@@H]1CSC(c2cccnc2)N1. The lowest BCUT2D eigenvalue weighted by Crippen LogP contribution is -2.50. The van der Waals surface area contributed by atoms with Crippen molar-refractivity contribution in [3.05, 3.63) is 102 Å². The monoisotopic (exact) mass is 487 g/mol. The molecule has 0 saturated carbocycles. The third kappa shape index (κ3) is 6.11. The predicted octanol–water partition coefficient (Wildman–Crippen LogP) is 3.31. The summed E-state index contributed by atoms with van der Waals surface area (Å²) in [5.41, 5.74) is 3.80. The van der Waals surface area contributed by atoms with Crippen LogP contribution in [0.3, 0.4) is 0 Å². The summed E-state index contributed by atoms with van der Waals surface area (Å²) in [6.07, 6.45) is 3.64. The molecule has 2 aromatic carbocycles. The predicted molar refractivity (Wildman–Crippen MR) is 142 cm³/mol.